The second kappa shape index (κ2) is 7.36. The number of fused-ring (bicyclic) bond motifs is 1. The zero-order chi connectivity index (χ0) is 16.3. The second-order valence-corrected chi connectivity index (χ2v) is 5.56. The normalized spacial score (nSPS) is 31.3. The van der Waals surface area contributed by atoms with Gasteiger partial charge in [-0.3, -0.25) is 14.6 Å². The highest BCUT2D eigenvalue weighted by Crippen LogP contribution is 2.41. The predicted molar refractivity (Wildman–Crippen MR) is 76.1 cm³/mol. The van der Waals surface area contributed by atoms with Gasteiger partial charge in [-0.15, -0.1) is 0 Å². The lowest BCUT2D eigenvalue weighted by Gasteiger charge is -2.25. The molecule has 8 heteroatoms. The number of carbonyl (C=O) groups is 2. The highest BCUT2D eigenvalue weighted by Gasteiger charge is 2.61. The molecule has 2 aliphatic rings. The van der Waals surface area contributed by atoms with Gasteiger partial charge in [0.2, 0.25) is 0 Å². The van der Waals surface area contributed by atoms with Crippen LogP contribution in [-0.4, -0.2) is 88.8 Å². The Morgan fingerprint density at radius 1 is 0.773 bits per heavy atom. The summed E-state index contributed by atoms with van der Waals surface area (Å²) in [7, 11) is 6.15. The van der Waals surface area contributed by atoms with Gasteiger partial charge in [-0.05, 0) is 0 Å². The standard InChI is InChI=1S/C14H24N2O6/c1-19-5-9-11-12(10(6-20-2)13(9)17)16(8-22-4)14(18)15(11)7-21-3/h9-12H,5-8H2,1-4H3. The van der Waals surface area contributed by atoms with Crippen molar-refractivity contribution < 1.29 is 28.5 Å². The molecule has 1 aliphatic heterocycles. The van der Waals surface area contributed by atoms with Gasteiger partial charge in [0, 0.05) is 28.4 Å². The number of ketones is 1. The van der Waals surface area contributed by atoms with Gasteiger partial charge >= 0.3 is 6.03 Å². The number of carbonyl (C=O) groups excluding carboxylic acids is 2. The first kappa shape index (κ1) is 17.1. The molecule has 1 saturated heterocycles. The zero-order valence-corrected chi connectivity index (χ0v) is 13.5. The first-order valence-electron chi connectivity index (χ1n) is 7.19. The van der Waals surface area contributed by atoms with Crippen LogP contribution in [0.25, 0.3) is 0 Å². The van der Waals surface area contributed by atoms with Crippen molar-refractivity contribution in [2.75, 3.05) is 55.1 Å². The van der Waals surface area contributed by atoms with Gasteiger partial charge in [-0.1, -0.05) is 0 Å². The van der Waals surface area contributed by atoms with Gasteiger partial charge in [0.15, 0.2) is 0 Å². The highest BCUT2D eigenvalue weighted by molar-refractivity contribution is 5.92. The molecule has 2 rings (SSSR count). The van der Waals surface area contributed by atoms with E-state index >= 15 is 0 Å². The number of hydrogen-bond donors (Lipinski definition) is 0. The van der Waals surface area contributed by atoms with Gasteiger partial charge < -0.3 is 18.9 Å². The predicted octanol–water partition coefficient (Wildman–Crippen LogP) is -0.223. The number of ether oxygens (including phenoxy) is 4. The van der Waals surface area contributed by atoms with Crippen LogP contribution in [0.1, 0.15) is 0 Å². The molecule has 4 unspecified atom stereocenters. The Morgan fingerprint density at radius 2 is 1.18 bits per heavy atom. The largest absolute Gasteiger partial charge is 0.384 e. The molecular weight excluding hydrogens is 292 g/mol. The van der Waals surface area contributed by atoms with Crippen LogP contribution in [0.5, 0.6) is 0 Å². The summed E-state index contributed by atoms with van der Waals surface area (Å²) in [5.74, 6) is -0.694. The quantitative estimate of drug-likeness (QED) is 0.616. The Bertz CT molecular complexity index is 348. The smallest absolute Gasteiger partial charge is 0.324 e. The molecule has 126 valence electrons. The van der Waals surface area contributed by atoms with Crippen molar-refractivity contribution in [3.8, 4) is 0 Å². The lowest BCUT2D eigenvalue weighted by molar-refractivity contribution is -0.128. The molecule has 4 atom stereocenters. The van der Waals surface area contributed by atoms with Gasteiger partial charge in [0.05, 0.1) is 37.1 Å². The average Bonchev–Trinajstić information content (AvgIpc) is 2.90. The number of Topliss-reactive ketones (excluding diaryl/α,β-unsaturated/α-hetero) is 1. The summed E-state index contributed by atoms with van der Waals surface area (Å²) in [5.41, 5.74) is 0. The molecule has 0 aromatic carbocycles. The third kappa shape index (κ3) is 2.71. The second-order valence-electron chi connectivity index (χ2n) is 5.56. The number of rotatable bonds is 8. The minimum Gasteiger partial charge on any atom is -0.384 e. The Balaban J connectivity index is 2.36. The third-order valence-electron chi connectivity index (χ3n) is 4.35. The van der Waals surface area contributed by atoms with Crippen molar-refractivity contribution in [2.45, 2.75) is 12.1 Å². The number of amides is 2. The molecule has 0 spiro atoms. The minimum atomic E-state index is -0.379. The summed E-state index contributed by atoms with van der Waals surface area (Å²) < 4.78 is 20.7. The van der Waals surface area contributed by atoms with Crippen LogP contribution in [0.4, 0.5) is 4.79 Å². The maximum atomic E-state index is 12.7. The van der Waals surface area contributed by atoms with E-state index in [0.717, 1.165) is 0 Å². The molecule has 1 aliphatic carbocycles. The molecule has 2 amide bonds. The van der Waals surface area contributed by atoms with Gasteiger partial charge in [-0.25, -0.2) is 4.79 Å². The van der Waals surface area contributed by atoms with Gasteiger partial charge in [0.25, 0.3) is 0 Å². The number of methoxy groups -OCH3 is 4. The van der Waals surface area contributed by atoms with Crippen LogP contribution < -0.4 is 0 Å². The maximum absolute atomic E-state index is 12.7. The van der Waals surface area contributed by atoms with E-state index in [9.17, 15) is 9.59 Å². The summed E-state index contributed by atoms with van der Waals surface area (Å²) in [5, 5.41) is 0. The topological polar surface area (TPSA) is 77.5 Å². The summed E-state index contributed by atoms with van der Waals surface area (Å²) in [6, 6.07) is -0.751. The van der Waals surface area contributed by atoms with Crippen molar-refractivity contribution in [1.29, 1.82) is 0 Å². The third-order valence-corrected chi connectivity index (χ3v) is 4.35. The van der Waals surface area contributed by atoms with Crippen molar-refractivity contribution in [2.24, 2.45) is 11.8 Å². The fraction of sp³-hybridized carbons (Fsp3) is 0.857. The first-order valence-corrected chi connectivity index (χ1v) is 7.19. The number of hydrogen-bond acceptors (Lipinski definition) is 6. The number of urea groups is 1. The molecule has 22 heavy (non-hydrogen) atoms. The molecule has 0 radical (unpaired) electrons. The summed E-state index contributed by atoms with van der Waals surface area (Å²) >= 11 is 0. The first-order chi connectivity index (χ1) is 10.6. The Kier molecular flexibility index (Phi) is 5.74. The van der Waals surface area contributed by atoms with Crippen molar-refractivity contribution >= 4 is 11.8 Å². The van der Waals surface area contributed by atoms with E-state index < -0.39 is 0 Å². The van der Waals surface area contributed by atoms with Crippen LogP contribution in [0.15, 0.2) is 0 Å². The highest BCUT2D eigenvalue weighted by atomic mass is 16.5. The lowest BCUT2D eigenvalue weighted by atomic mass is 10.0. The monoisotopic (exact) mass is 316 g/mol. The van der Waals surface area contributed by atoms with Crippen LogP contribution >= 0.6 is 0 Å². The molecule has 0 aromatic heterocycles. The van der Waals surface area contributed by atoms with E-state index in [-0.39, 0.29) is 62.4 Å². The SMILES string of the molecule is COCC1C(=O)C(COC)C2C1N(COC)C(=O)N2COC. The zero-order valence-electron chi connectivity index (χ0n) is 13.5. The fourth-order valence-electron chi connectivity index (χ4n) is 3.59. The lowest BCUT2D eigenvalue weighted by Crippen LogP contribution is -2.43. The molecule has 8 nitrogen and oxygen atoms in total. The summed E-state index contributed by atoms with van der Waals surface area (Å²) in [4.78, 5) is 28.5. The van der Waals surface area contributed by atoms with Gasteiger partial charge in [-0.2, -0.15) is 0 Å². The molecule has 1 heterocycles. The fourth-order valence-corrected chi connectivity index (χ4v) is 3.59. The minimum absolute atomic E-state index is 0.0633. The molecule has 0 N–H and O–H groups in total. The molecule has 2 fully saturated rings. The van der Waals surface area contributed by atoms with E-state index in [0.29, 0.717) is 0 Å². The van der Waals surface area contributed by atoms with Crippen molar-refractivity contribution in [1.82, 2.24) is 9.80 Å². The van der Waals surface area contributed by atoms with Crippen molar-refractivity contribution in [3.05, 3.63) is 0 Å². The molecule has 0 bridgehead atoms. The summed E-state index contributed by atoms with van der Waals surface area (Å²) in [6.07, 6.45) is 0. The van der Waals surface area contributed by atoms with Crippen LogP contribution in [0, 0.1) is 11.8 Å². The van der Waals surface area contributed by atoms with E-state index in [2.05, 4.69) is 0 Å². The van der Waals surface area contributed by atoms with E-state index in [1.807, 2.05) is 0 Å². The van der Waals surface area contributed by atoms with Crippen molar-refractivity contribution in [3.63, 3.8) is 0 Å². The van der Waals surface area contributed by atoms with E-state index in [1.165, 1.54) is 14.2 Å². The van der Waals surface area contributed by atoms with Crippen LogP contribution in [0.2, 0.25) is 0 Å². The van der Waals surface area contributed by atoms with E-state index in [4.69, 9.17) is 18.9 Å². The average molecular weight is 316 g/mol. The molecule has 1 saturated carbocycles. The maximum Gasteiger partial charge on any atom is 0.324 e. The van der Waals surface area contributed by atoms with E-state index in [1.54, 1.807) is 24.0 Å². The Morgan fingerprint density at radius 3 is 1.50 bits per heavy atom. The molecule has 0 aromatic rings. The van der Waals surface area contributed by atoms with Crippen LogP contribution in [-0.2, 0) is 23.7 Å². The Hall–Kier alpha value is -1.22. The summed E-state index contributed by atoms with van der Waals surface area (Å²) in [6.45, 7) is 0.809. The number of nitrogens with zero attached hydrogens (tertiary/aromatic N) is 2. The molecular formula is C14H24N2O6. The Labute approximate surface area is 130 Å². The van der Waals surface area contributed by atoms with Gasteiger partial charge in [0.1, 0.15) is 19.2 Å². The van der Waals surface area contributed by atoms with Crippen LogP contribution in [0.3, 0.4) is 0 Å².